The smallest absolute Gasteiger partial charge is 0.251 e. The molecule has 0 saturated heterocycles. The topological polar surface area (TPSA) is 75.9 Å². The van der Waals surface area contributed by atoms with Gasteiger partial charge in [0.05, 0.1) is 13.1 Å². The van der Waals surface area contributed by atoms with Gasteiger partial charge in [-0.15, -0.1) is 10.2 Å². The van der Waals surface area contributed by atoms with E-state index in [2.05, 4.69) is 44.7 Å². The number of hydrogen-bond donors (Lipinski definition) is 1. The van der Waals surface area contributed by atoms with Gasteiger partial charge in [-0.2, -0.15) is 4.80 Å². The van der Waals surface area contributed by atoms with Gasteiger partial charge in [0.25, 0.3) is 5.91 Å². The van der Waals surface area contributed by atoms with Crippen LogP contribution in [-0.2, 0) is 7.05 Å². The highest BCUT2D eigenvalue weighted by atomic mass is 16.1. The molecule has 2 aromatic carbocycles. The van der Waals surface area contributed by atoms with Crippen molar-refractivity contribution >= 4 is 5.91 Å². The maximum Gasteiger partial charge on any atom is 0.251 e. The number of tetrazole rings is 1. The molecule has 3 aromatic rings. The Morgan fingerprint density at radius 1 is 1.15 bits per heavy atom. The number of aryl methyl sites for hydroxylation is 2. The summed E-state index contributed by atoms with van der Waals surface area (Å²) < 4.78 is 0. The maximum atomic E-state index is 12.6. The van der Waals surface area contributed by atoms with Gasteiger partial charge in [-0.05, 0) is 49.5 Å². The third-order valence-corrected chi connectivity index (χ3v) is 4.54. The van der Waals surface area contributed by atoms with E-state index in [0.717, 1.165) is 5.56 Å². The standard InChI is InChI=1S/C20H24N6O/c1-14-7-5-6-8-17(14)18(25(2)3)13-21-20(27)16-11-9-15(10-12-16)19-22-24-26(4)23-19/h5-12,18H,13H2,1-4H3,(H,21,27)/t18-/m0/s1. The minimum absolute atomic E-state index is 0.103. The summed E-state index contributed by atoms with van der Waals surface area (Å²) in [5.74, 6) is 0.436. The first-order valence-electron chi connectivity index (χ1n) is 8.80. The van der Waals surface area contributed by atoms with Crippen LogP contribution >= 0.6 is 0 Å². The number of carbonyl (C=O) groups excluding carboxylic acids is 1. The summed E-state index contributed by atoms with van der Waals surface area (Å²) in [5, 5.41) is 15.0. The summed E-state index contributed by atoms with van der Waals surface area (Å²) in [6.07, 6.45) is 0. The number of carbonyl (C=O) groups is 1. The molecule has 1 heterocycles. The van der Waals surface area contributed by atoms with Crippen molar-refractivity contribution < 1.29 is 4.79 Å². The van der Waals surface area contributed by atoms with Gasteiger partial charge in [0.2, 0.25) is 5.82 Å². The van der Waals surface area contributed by atoms with Gasteiger partial charge >= 0.3 is 0 Å². The summed E-state index contributed by atoms with van der Waals surface area (Å²) in [7, 11) is 5.76. The minimum Gasteiger partial charge on any atom is -0.350 e. The SMILES string of the molecule is Cc1ccccc1[C@H](CNC(=O)c1ccc(-c2nnn(C)n2)cc1)N(C)C. The zero-order valence-electron chi connectivity index (χ0n) is 16.0. The largest absolute Gasteiger partial charge is 0.350 e. The van der Waals surface area contributed by atoms with E-state index in [0.29, 0.717) is 17.9 Å². The number of rotatable bonds is 6. The lowest BCUT2D eigenvalue weighted by molar-refractivity contribution is 0.0942. The first-order valence-corrected chi connectivity index (χ1v) is 8.80. The van der Waals surface area contributed by atoms with Gasteiger partial charge in [0, 0.05) is 17.7 Å². The second-order valence-electron chi connectivity index (χ2n) is 6.73. The van der Waals surface area contributed by atoms with Crippen molar-refractivity contribution in [3.8, 4) is 11.4 Å². The van der Waals surface area contributed by atoms with Crippen molar-refractivity contribution in [3.63, 3.8) is 0 Å². The van der Waals surface area contributed by atoms with Crippen molar-refractivity contribution in [2.75, 3.05) is 20.6 Å². The summed E-state index contributed by atoms with van der Waals surface area (Å²) >= 11 is 0. The Hall–Kier alpha value is -3.06. The molecule has 7 nitrogen and oxygen atoms in total. The van der Waals surface area contributed by atoms with Crippen LogP contribution in [0.25, 0.3) is 11.4 Å². The van der Waals surface area contributed by atoms with Gasteiger partial charge in [-0.3, -0.25) is 4.79 Å². The predicted octanol–water partition coefficient (Wildman–Crippen LogP) is 2.22. The summed E-state index contributed by atoms with van der Waals surface area (Å²) in [4.78, 5) is 16.1. The Morgan fingerprint density at radius 2 is 1.85 bits per heavy atom. The molecule has 3 rings (SSSR count). The maximum absolute atomic E-state index is 12.6. The minimum atomic E-state index is -0.103. The molecule has 0 aliphatic carbocycles. The fourth-order valence-electron chi connectivity index (χ4n) is 2.99. The van der Waals surface area contributed by atoms with Crippen LogP contribution in [0, 0.1) is 6.92 Å². The molecule has 0 unspecified atom stereocenters. The number of aromatic nitrogens is 4. The quantitative estimate of drug-likeness (QED) is 0.726. The lowest BCUT2D eigenvalue weighted by atomic mass is 10.0. The molecule has 0 radical (unpaired) electrons. The van der Waals surface area contributed by atoms with Crippen LogP contribution in [0.5, 0.6) is 0 Å². The van der Waals surface area contributed by atoms with Gasteiger partial charge < -0.3 is 10.2 Å². The van der Waals surface area contributed by atoms with E-state index in [1.165, 1.54) is 15.9 Å². The Morgan fingerprint density at radius 3 is 2.44 bits per heavy atom. The molecule has 0 fully saturated rings. The summed E-state index contributed by atoms with van der Waals surface area (Å²) in [6, 6.07) is 15.6. The summed E-state index contributed by atoms with van der Waals surface area (Å²) in [6.45, 7) is 2.62. The Labute approximate surface area is 159 Å². The molecule has 0 aliphatic rings. The zero-order chi connectivity index (χ0) is 19.4. The van der Waals surface area contributed by atoms with Crippen LogP contribution in [-0.4, -0.2) is 51.7 Å². The highest BCUT2D eigenvalue weighted by Crippen LogP contribution is 2.21. The lowest BCUT2D eigenvalue weighted by Gasteiger charge is -2.26. The first-order chi connectivity index (χ1) is 13.0. The number of likely N-dealkylation sites (N-methyl/N-ethyl adjacent to an activating group) is 1. The molecule has 0 bridgehead atoms. The molecule has 0 saturated carbocycles. The monoisotopic (exact) mass is 364 g/mol. The molecular weight excluding hydrogens is 340 g/mol. The molecule has 140 valence electrons. The van der Waals surface area contributed by atoms with Crippen LogP contribution in [0.15, 0.2) is 48.5 Å². The predicted molar refractivity (Wildman–Crippen MR) is 104 cm³/mol. The summed E-state index contributed by atoms with van der Waals surface area (Å²) in [5.41, 5.74) is 3.86. The number of nitrogens with one attached hydrogen (secondary N) is 1. The van der Waals surface area contributed by atoms with Crippen LogP contribution in [0.1, 0.15) is 27.5 Å². The molecule has 1 amide bonds. The van der Waals surface area contributed by atoms with E-state index in [1.807, 2.05) is 38.4 Å². The Bertz CT molecular complexity index is 916. The number of nitrogens with zero attached hydrogens (tertiary/aromatic N) is 5. The van der Waals surface area contributed by atoms with E-state index < -0.39 is 0 Å². The Balaban J connectivity index is 1.68. The Kier molecular flexibility index (Phi) is 5.61. The molecule has 1 atom stereocenters. The molecule has 0 spiro atoms. The average molecular weight is 364 g/mol. The van der Waals surface area contributed by atoms with Gasteiger partial charge in [0.15, 0.2) is 0 Å². The van der Waals surface area contributed by atoms with Crippen molar-refractivity contribution in [1.29, 1.82) is 0 Å². The lowest BCUT2D eigenvalue weighted by Crippen LogP contribution is -2.34. The van der Waals surface area contributed by atoms with Crippen LogP contribution in [0.2, 0.25) is 0 Å². The van der Waals surface area contributed by atoms with E-state index in [9.17, 15) is 4.79 Å². The van der Waals surface area contributed by atoms with Crippen LogP contribution < -0.4 is 5.32 Å². The van der Waals surface area contributed by atoms with Gasteiger partial charge in [-0.1, -0.05) is 36.4 Å². The third-order valence-electron chi connectivity index (χ3n) is 4.54. The first kappa shape index (κ1) is 18.7. The number of benzene rings is 2. The highest BCUT2D eigenvalue weighted by Gasteiger charge is 2.17. The van der Waals surface area contributed by atoms with Crippen molar-refractivity contribution in [2.45, 2.75) is 13.0 Å². The molecule has 1 N–H and O–H groups in total. The van der Waals surface area contributed by atoms with Crippen molar-refractivity contribution in [2.24, 2.45) is 7.05 Å². The normalized spacial score (nSPS) is 12.2. The fraction of sp³-hybridized carbons (Fsp3) is 0.300. The van der Waals surface area contributed by atoms with Gasteiger partial charge in [-0.25, -0.2) is 0 Å². The van der Waals surface area contributed by atoms with E-state index in [1.54, 1.807) is 19.2 Å². The average Bonchev–Trinajstić information content (AvgIpc) is 3.09. The molecule has 1 aromatic heterocycles. The molecule has 0 aliphatic heterocycles. The second-order valence-corrected chi connectivity index (χ2v) is 6.73. The highest BCUT2D eigenvalue weighted by molar-refractivity contribution is 5.94. The number of amides is 1. The van der Waals surface area contributed by atoms with Crippen molar-refractivity contribution in [1.82, 2.24) is 30.4 Å². The van der Waals surface area contributed by atoms with E-state index in [-0.39, 0.29) is 11.9 Å². The molecule has 7 heteroatoms. The molecule has 27 heavy (non-hydrogen) atoms. The third kappa shape index (κ3) is 4.38. The van der Waals surface area contributed by atoms with Gasteiger partial charge in [0.1, 0.15) is 0 Å². The van der Waals surface area contributed by atoms with Crippen molar-refractivity contribution in [3.05, 3.63) is 65.2 Å². The van der Waals surface area contributed by atoms with E-state index >= 15 is 0 Å². The number of hydrogen-bond acceptors (Lipinski definition) is 5. The van der Waals surface area contributed by atoms with Crippen LogP contribution in [0.3, 0.4) is 0 Å². The zero-order valence-corrected chi connectivity index (χ0v) is 16.0. The second kappa shape index (κ2) is 8.09. The fourth-order valence-corrected chi connectivity index (χ4v) is 2.99. The van der Waals surface area contributed by atoms with E-state index in [4.69, 9.17) is 0 Å². The molecular formula is C20H24N6O. The van der Waals surface area contributed by atoms with Crippen LogP contribution in [0.4, 0.5) is 0 Å².